The van der Waals surface area contributed by atoms with E-state index >= 15 is 0 Å². The summed E-state index contributed by atoms with van der Waals surface area (Å²) >= 11 is 3.60. The van der Waals surface area contributed by atoms with Gasteiger partial charge in [-0.1, -0.05) is 60.1 Å². The Morgan fingerprint density at radius 1 is 1.25 bits per heavy atom. The van der Waals surface area contributed by atoms with Crippen molar-refractivity contribution in [3.63, 3.8) is 0 Å². The Labute approximate surface area is 105 Å². The van der Waals surface area contributed by atoms with Crippen molar-refractivity contribution in [3.8, 4) is 0 Å². The molecule has 0 amide bonds. The average molecular weight is 275 g/mol. The molecule has 0 aliphatic heterocycles. The molecule has 1 aromatic carbocycles. The molecule has 0 saturated carbocycles. The van der Waals surface area contributed by atoms with Gasteiger partial charge in [-0.15, -0.1) is 0 Å². The minimum atomic E-state index is 0.270. The summed E-state index contributed by atoms with van der Waals surface area (Å²) < 4.78 is 1.23. The molecule has 0 fully saturated rings. The second-order valence-corrected chi connectivity index (χ2v) is 6.16. The number of benzene rings is 1. The van der Waals surface area contributed by atoms with Crippen LogP contribution in [0.2, 0.25) is 0 Å². The van der Waals surface area contributed by atoms with Crippen molar-refractivity contribution in [2.45, 2.75) is 25.7 Å². The van der Waals surface area contributed by atoms with Crippen LogP contribution >= 0.6 is 15.9 Å². The van der Waals surface area contributed by atoms with Gasteiger partial charge < -0.3 is 0 Å². The quantitative estimate of drug-likeness (QED) is 0.646. The summed E-state index contributed by atoms with van der Waals surface area (Å²) in [6.45, 7) is 4.73. The van der Waals surface area contributed by atoms with E-state index in [-0.39, 0.29) is 5.41 Å². The van der Waals surface area contributed by atoms with Gasteiger partial charge in [0, 0.05) is 4.48 Å². The topological polar surface area (TPSA) is 0 Å². The Bertz CT molecular complexity index is 506. The molecule has 1 heteroatoms. The second kappa shape index (κ2) is 3.33. The summed E-state index contributed by atoms with van der Waals surface area (Å²) in [6, 6.07) is 8.84. The largest absolute Gasteiger partial charge is 0.0696 e. The number of halogens is 1. The lowest BCUT2D eigenvalue weighted by Crippen LogP contribution is -2.24. The first-order valence-corrected chi connectivity index (χ1v) is 6.57. The van der Waals surface area contributed by atoms with E-state index in [2.05, 4.69) is 66.2 Å². The third-order valence-corrected chi connectivity index (χ3v) is 4.57. The van der Waals surface area contributed by atoms with Crippen LogP contribution in [0.1, 0.15) is 31.4 Å². The lowest BCUT2D eigenvalue weighted by Gasteiger charge is -2.29. The molecule has 0 bridgehead atoms. The maximum Gasteiger partial charge on any atom is 0.0138 e. The summed E-state index contributed by atoms with van der Waals surface area (Å²) in [6.07, 6.45) is 5.73. The number of fused-ring (bicyclic) bond motifs is 3. The van der Waals surface area contributed by atoms with Crippen LogP contribution in [0.5, 0.6) is 0 Å². The third-order valence-electron chi connectivity index (χ3n) is 4.02. The minimum Gasteiger partial charge on any atom is -0.0696 e. The summed E-state index contributed by atoms with van der Waals surface area (Å²) in [4.78, 5) is 0. The molecule has 82 valence electrons. The summed E-state index contributed by atoms with van der Waals surface area (Å²) in [5.41, 5.74) is 4.73. The minimum absolute atomic E-state index is 0.270. The van der Waals surface area contributed by atoms with Crippen LogP contribution in [-0.2, 0) is 5.41 Å². The normalized spacial score (nSPS) is 25.6. The van der Waals surface area contributed by atoms with Crippen molar-refractivity contribution in [2.75, 3.05) is 0 Å². The first-order chi connectivity index (χ1) is 7.60. The molecule has 0 nitrogen and oxygen atoms in total. The fraction of sp³-hybridized carbons (Fsp3) is 0.333. The zero-order valence-electron chi connectivity index (χ0n) is 9.63. The van der Waals surface area contributed by atoms with Crippen LogP contribution in [0.3, 0.4) is 0 Å². The van der Waals surface area contributed by atoms with E-state index in [1.165, 1.54) is 21.2 Å². The highest BCUT2D eigenvalue weighted by Gasteiger charge is 2.42. The summed E-state index contributed by atoms with van der Waals surface area (Å²) in [7, 11) is 0. The molecular formula is C15H15Br. The van der Waals surface area contributed by atoms with Gasteiger partial charge in [0.2, 0.25) is 0 Å². The SMILES string of the molecule is CC1(C)c2ccccc2C2=CC(Br)=CCC21. The zero-order valence-corrected chi connectivity index (χ0v) is 11.2. The Kier molecular flexibility index (Phi) is 2.16. The Hall–Kier alpha value is -0.820. The Balaban J connectivity index is 2.25. The van der Waals surface area contributed by atoms with Gasteiger partial charge in [-0.3, -0.25) is 0 Å². The highest BCUT2D eigenvalue weighted by Crippen LogP contribution is 2.53. The molecule has 0 heterocycles. The predicted octanol–water partition coefficient (Wildman–Crippen LogP) is 4.66. The molecule has 0 radical (unpaired) electrons. The van der Waals surface area contributed by atoms with Crippen molar-refractivity contribution in [1.82, 2.24) is 0 Å². The predicted molar refractivity (Wildman–Crippen MR) is 72.6 cm³/mol. The van der Waals surface area contributed by atoms with E-state index < -0.39 is 0 Å². The number of hydrogen-bond acceptors (Lipinski definition) is 0. The first kappa shape index (κ1) is 10.3. The van der Waals surface area contributed by atoms with Gasteiger partial charge in [-0.05, 0) is 40.5 Å². The summed E-state index contributed by atoms with van der Waals surface area (Å²) in [5, 5.41) is 0. The maximum absolute atomic E-state index is 3.60. The van der Waals surface area contributed by atoms with Gasteiger partial charge in [-0.2, -0.15) is 0 Å². The molecule has 2 aliphatic carbocycles. The number of allylic oxidation sites excluding steroid dienone is 4. The monoisotopic (exact) mass is 274 g/mol. The number of hydrogen-bond donors (Lipinski definition) is 0. The Morgan fingerprint density at radius 3 is 2.81 bits per heavy atom. The van der Waals surface area contributed by atoms with Crippen LogP contribution in [0.25, 0.3) is 5.57 Å². The lowest BCUT2D eigenvalue weighted by atomic mass is 9.75. The van der Waals surface area contributed by atoms with Gasteiger partial charge in [0.05, 0.1) is 0 Å². The molecule has 0 saturated heterocycles. The van der Waals surface area contributed by atoms with E-state index in [1.807, 2.05) is 0 Å². The van der Waals surface area contributed by atoms with Crippen molar-refractivity contribution in [1.29, 1.82) is 0 Å². The van der Waals surface area contributed by atoms with Crippen LogP contribution in [0.4, 0.5) is 0 Å². The van der Waals surface area contributed by atoms with Gasteiger partial charge >= 0.3 is 0 Å². The van der Waals surface area contributed by atoms with E-state index in [1.54, 1.807) is 0 Å². The zero-order chi connectivity index (χ0) is 11.3. The average Bonchev–Trinajstić information content (AvgIpc) is 2.49. The fourth-order valence-electron chi connectivity index (χ4n) is 3.10. The van der Waals surface area contributed by atoms with Crippen LogP contribution in [-0.4, -0.2) is 0 Å². The van der Waals surface area contributed by atoms with E-state index in [9.17, 15) is 0 Å². The molecule has 16 heavy (non-hydrogen) atoms. The van der Waals surface area contributed by atoms with Crippen molar-refractivity contribution < 1.29 is 0 Å². The molecule has 3 rings (SSSR count). The molecule has 0 spiro atoms. The molecule has 1 aromatic rings. The van der Waals surface area contributed by atoms with Crippen LogP contribution in [0, 0.1) is 5.92 Å². The second-order valence-electron chi connectivity index (χ2n) is 5.24. The molecule has 0 N–H and O–H groups in total. The highest BCUT2D eigenvalue weighted by atomic mass is 79.9. The van der Waals surface area contributed by atoms with E-state index in [0.29, 0.717) is 5.92 Å². The van der Waals surface area contributed by atoms with Gasteiger partial charge in [0.15, 0.2) is 0 Å². The van der Waals surface area contributed by atoms with Crippen LogP contribution < -0.4 is 0 Å². The van der Waals surface area contributed by atoms with E-state index in [4.69, 9.17) is 0 Å². The van der Waals surface area contributed by atoms with Crippen molar-refractivity contribution in [2.24, 2.45) is 5.92 Å². The van der Waals surface area contributed by atoms with Crippen LogP contribution in [0.15, 0.2) is 40.9 Å². The smallest absolute Gasteiger partial charge is 0.0138 e. The first-order valence-electron chi connectivity index (χ1n) is 5.78. The lowest BCUT2D eigenvalue weighted by molar-refractivity contribution is 0.414. The Morgan fingerprint density at radius 2 is 2.00 bits per heavy atom. The van der Waals surface area contributed by atoms with Crippen molar-refractivity contribution in [3.05, 3.63) is 52.0 Å². The highest BCUT2D eigenvalue weighted by molar-refractivity contribution is 9.11. The van der Waals surface area contributed by atoms with Crippen molar-refractivity contribution >= 4 is 21.5 Å². The molecule has 0 aromatic heterocycles. The summed E-state index contributed by atoms with van der Waals surface area (Å²) in [5.74, 6) is 0.645. The molecule has 1 unspecified atom stereocenters. The van der Waals surface area contributed by atoms with Gasteiger partial charge in [-0.25, -0.2) is 0 Å². The maximum atomic E-state index is 3.60. The fourth-order valence-corrected chi connectivity index (χ4v) is 3.53. The standard InChI is InChI=1S/C15H15Br/c1-15(2)13-6-4-3-5-11(13)12-9-10(16)7-8-14(12)15/h3-7,9,14H,8H2,1-2H3. The van der Waals surface area contributed by atoms with Gasteiger partial charge in [0.25, 0.3) is 0 Å². The third kappa shape index (κ3) is 1.27. The number of rotatable bonds is 0. The van der Waals surface area contributed by atoms with Gasteiger partial charge in [0.1, 0.15) is 0 Å². The van der Waals surface area contributed by atoms with E-state index in [0.717, 1.165) is 6.42 Å². The molecule has 1 atom stereocenters. The molecular weight excluding hydrogens is 260 g/mol. The molecule has 2 aliphatic rings.